The van der Waals surface area contributed by atoms with Crippen LogP contribution < -0.4 is 0 Å². The fourth-order valence-corrected chi connectivity index (χ4v) is 2.99. The standard InChI is InChI=1S/C22H31N3/c1-5-10-20(17-22-23-15-8-6-7-9-16-24-22)13-14-21-18(2)11-12-19(3)25(21)4/h5-6,8,10-13,16,19H,7,9,14-15,17H2,1-4H3/b8-6?,10-5-,20-13?,23-22-,24-16-. The van der Waals surface area contributed by atoms with Crippen LogP contribution in [-0.4, -0.2) is 36.6 Å². The highest BCUT2D eigenvalue weighted by Gasteiger charge is 2.15. The molecule has 0 radical (unpaired) electrons. The molecule has 0 aromatic rings. The minimum absolute atomic E-state index is 0.451. The molecule has 3 nitrogen and oxygen atoms in total. The van der Waals surface area contributed by atoms with Crippen LogP contribution in [0.25, 0.3) is 0 Å². The Hall–Kier alpha value is -2.16. The van der Waals surface area contributed by atoms with Crippen molar-refractivity contribution in [3.8, 4) is 0 Å². The molecule has 0 saturated heterocycles. The Balaban J connectivity index is 2.14. The first-order valence-electron chi connectivity index (χ1n) is 9.25. The van der Waals surface area contributed by atoms with E-state index in [1.165, 1.54) is 16.8 Å². The summed E-state index contributed by atoms with van der Waals surface area (Å²) in [6.45, 7) is 7.21. The molecule has 2 rings (SSSR count). The van der Waals surface area contributed by atoms with Gasteiger partial charge in [-0.1, -0.05) is 42.5 Å². The molecule has 0 aromatic heterocycles. The summed E-state index contributed by atoms with van der Waals surface area (Å²) < 4.78 is 0. The van der Waals surface area contributed by atoms with Crippen LogP contribution in [0.1, 0.15) is 46.5 Å². The maximum absolute atomic E-state index is 4.63. The van der Waals surface area contributed by atoms with Crippen molar-refractivity contribution in [1.29, 1.82) is 0 Å². The average Bonchev–Trinajstić information content (AvgIpc) is 2.72. The van der Waals surface area contributed by atoms with Gasteiger partial charge in [-0.15, -0.1) is 0 Å². The van der Waals surface area contributed by atoms with Crippen LogP contribution >= 0.6 is 0 Å². The van der Waals surface area contributed by atoms with Crippen LogP contribution in [0.3, 0.4) is 0 Å². The molecule has 0 aromatic carbocycles. The molecule has 0 bridgehead atoms. The molecule has 2 heterocycles. The van der Waals surface area contributed by atoms with E-state index < -0.39 is 0 Å². The van der Waals surface area contributed by atoms with Gasteiger partial charge in [0.15, 0.2) is 0 Å². The monoisotopic (exact) mass is 337 g/mol. The second kappa shape index (κ2) is 9.97. The van der Waals surface area contributed by atoms with Gasteiger partial charge < -0.3 is 4.90 Å². The molecule has 0 fully saturated rings. The van der Waals surface area contributed by atoms with Crippen molar-refractivity contribution in [2.75, 3.05) is 13.6 Å². The minimum Gasteiger partial charge on any atom is -0.371 e. The van der Waals surface area contributed by atoms with Crippen molar-refractivity contribution < 1.29 is 0 Å². The topological polar surface area (TPSA) is 28.0 Å². The number of allylic oxidation sites excluding steroid dienone is 6. The molecule has 25 heavy (non-hydrogen) atoms. The first-order valence-corrected chi connectivity index (χ1v) is 9.25. The Labute approximate surface area is 152 Å². The molecule has 134 valence electrons. The van der Waals surface area contributed by atoms with E-state index in [9.17, 15) is 0 Å². The molecule has 2 aliphatic rings. The van der Waals surface area contributed by atoms with Crippen LogP contribution in [0.15, 0.2) is 69.4 Å². The van der Waals surface area contributed by atoms with E-state index in [0.29, 0.717) is 6.04 Å². The minimum atomic E-state index is 0.451. The molecule has 1 atom stereocenters. The number of aliphatic imine (C=N–C) groups is 2. The van der Waals surface area contributed by atoms with Crippen molar-refractivity contribution in [2.24, 2.45) is 9.98 Å². The van der Waals surface area contributed by atoms with Gasteiger partial charge in [-0.3, -0.25) is 4.99 Å². The van der Waals surface area contributed by atoms with E-state index in [1.807, 2.05) is 6.21 Å². The van der Waals surface area contributed by atoms with Crippen LogP contribution in [0, 0.1) is 0 Å². The Bertz CT molecular complexity index is 657. The molecule has 2 aliphatic heterocycles. The quantitative estimate of drug-likeness (QED) is 0.497. The Kier molecular flexibility index (Phi) is 7.65. The maximum Gasteiger partial charge on any atom is 0.127 e. The van der Waals surface area contributed by atoms with Gasteiger partial charge in [0, 0.05) is 37.8 Å². The predicted molar refractivity (Wildman–Crippen MR) is 110 cm³/mol. The molecule has 3 heteroatoms. The average molecular weight is 338 g/mol. The maximum atomic E-state index is 4.63. The van der Waals surface area contributed by atoms with Gasteiger partial charge in [-0.25, -0.2) is 4.99 Å². The first-order chi connectivity index (χ1) is 12.1. The summed E-state index contributed by atoms with van der Waals surface area (Å²) >= 11 is 0. The highest BCUT2D eigenvalue weighted by atomic mass is 15.1. The van der Waals surface area contributed by atoms with Gasteiger partial charge >= 0.3 is 0 Å². The second-order valence-electron chi connectivity index (χ2n) is 6.62. The lowest BCUT2D eigenvalue weighted by molar-refractivity contribution is 0.357. The summed E-state index contributed by atoms with van der Waals surface area (Å²) in [6.07, 6.45) is 21.2. The lowest BCUT2D eigenvalue weighted by Gasteiger charge is -2.31. The summed E-state index contributed by atoms with van der Waals surface area (Å²) in [4.78, 5) is 11.6. The summed E-state index contributed by atoms with van der Waals surface area (Å²) in [5, 5.41) is 0. The van der Waals surface area contributed by atoms with E-state index in [-0.39, 0.29) is 0 Å². The first kappa shape index (κ1) is 19.2. The van der Waals surface area contributed by atoms with E-state index in [1.54, 1.807) is 0 Å². The van der Waals surface area contributed by atoms with E-state index in [4.69, 9.17) is 0 Å². The van der Waals surface area contributed by atoms with Gasteiger partial charge in [-0.05, 0) is 44.8 Å². The molecular formula is C22H31N3. The lowest BCUT2D eigenvalue weighted by atomic mass is 10.0. The SMILES string of the molecule is C/C=C\C(=CCC1=C(C)C=CC(C)N1C)CC1=N/CC=CCC/C=N\1. The lowest BCUT2D eigenvalue weighted by Crippen LogP contribution is -2.29. The normalized spacial score (nSPS) is 25.6. The van der Waals surface area contributed by atoms with E-state index in [0.717, 1.165) is 38.1 Å². The van der Waals surface area contributed by atoms with Crippen LogP contribution in [-0.2, 0) is 0 Å². The predicted octanol–water partition coefficient (Wildman–Crippen LogP) is 5.25. The smallest absolute Gasteiger partial charge is 0.127 e. The van der Waals surface area contributed by atoms with Crippen molar-refractivity contribution in [3.63, 3.8) is 0 Å². The summed E-state index contributed by atoms with van der Waals surface area (Å²) in [6, 6.07) is 0.451. The van der Waals surface area contributed by atoms with Crippen LogP contribution in [0.4, 0.5) is 0 Å². The van der Waals surface area contributed by atoms with Crippen molar-refractivity contribution in [2.45, 2.75) is 52.5 Å². The molecule has 0 amide bonds. The Morgan fingerprint density at radius 3 is 2.96 bits per heavy atom. The van der Waals surface area contributed by atoms with Gasteiger partial charge in [-0.2, -0.15) is 0 Å². The number of nitrogens with zero attached hydrogens (tertiary/aromatic N) is 3. The zero-order valence-corrected chi connectivity index (χ0v) is 16.1. The molecule has 1 unspecified atom stereocenters. The third-order valence-corrected chi connectivity index (χ3v) is 4.67. The summed E-state index contributed by atoms with van der Waals surface area (Å²) in [5.41, 5.74) is 4.01. The Morgan fingerprint density at radius 2 is 2.16 bits per heavy atom. The molecule has 0 saturated carbocycles. The number of hydrogen-bond donors (Lipinski definition) is 0. The van der Waals surface area contributed by atoms with Crippen molar-refractivity contribution in [1.82, 2.24) is 4.90 Å². The largest absolute Gasteiger partial charge is 0.371 e. The van der Waals surface area contributed by atoms with Gasteiger partial charge in [0.1, 0.15) is 5.84 Å². The molecular weight excluding hydrogens is 306 g/mol. The molecule has 0 aliphatic carbocycles. The zero-order chi connectivity index (χ0) is 18.1. The fraction of sp³-hybridized carbons (Fsp3) is 0.455. The summed E-state index contributed by atoms with van der Waals surface area (Å²) in [5.74, 6) is 0.923. The highest BCUT2D eigenvalue weighted by molar-refractivity contribution is 5.91. The fourth-order valence-electron chi connectivity index (χ4n) is 2.99. The van der Waals surface area contributed by atoms with Gasteiger partial charge in [0.05, 0.1) is 6.54 Å². The zero-order valence-electron chi connectivity index (χ0n) is 16.1. The number of likely N-dealkylation sites (N-methyl/N-ethyl adjacent to an activating group) is 1. The number of hydrogen-bond acceptors (Lipinski definition) is 3. The number of amidine groups is 1. The Morgan fingerprint density at radius 1 is 1.32 bits per heavy atom. The van der Waals surface area contributed by atoms with Crippen LogP contribution in [0.2, 0.25) is 0 Å². The highest BCUT2D eigenvalue weighted by Crippen LogP contribution is 2.23. The van der Waals surface area contributed by atoms with Gasteiger partial charge in [0.2, 0.25) is 0 Å². The van der Waals surface area contributed by atoms with Crippen molar-refractivity contribution >= 4 is 12.1 Å². The number of rotatable bonds is 5. The second-order valence-corrected chi connectivity index (χ2v) is 6.62. The summed E-state index contributed by atoms with van der Waals surface area (Å²) in [7, 11) is 2.18. The van der Waals surface area contributed by atoms with Crippen molar-refractivity contribution in [3.05, 3.63) is 59.4 Å². The van der Waals surface area contributed by atoms with Gasteiger partial charge in [0.25, 0.3) is 0 Å². The third-order valence-electron chi connectivity index (χ3n) is 4.67. The molecule has 0 N–H and O–H groups in total. The van der Waals surface area contributed by atoms with E-state index in [2.05, 4.69) is 85.2 Å². The van der Waals surface area contributed by atoms with Crippen LogP contribution in [0.5, 0.6) is 0 Å². The molecule has 0 spiro atoms. The third kappa shape index (κ3) is 6.00. The van der Waals surface area contributed by atoms with E-state index >= 15 is 0 Å².